The second kappa shape index (κ2) is 8.03. The number of rotatable bonds is 8. The Morgan fingerprint density at radius 1 is 1.05 bits per heavy atom. The van der Waals surface area contributed by atoms with Crippen molar-refractivity contribution in [2.45, 2.75) is 57.0 Å². The minimum atomic E-state index is -5.80. The van der Waals surface area contributed by atoms with E-state index in [1.807, 2.05) is 0 Å². The van der Waals surface area contributed by atoms with Crippen molar-refractivity contribution in [3.8, 4) is 0 Å². The Balaban J connectivity index is 5.46. The molecule has 132 valence electrons. The Morgan fingerprint density at radius 3 is 1.91 bits per heavy atom. The molecule has 9 heteroatoms. The van der Waals surface area contributed by atoms with Gasteiger partial charge in [0.25, 0.3) is 5.60 Å². The van der Waals surface area contributed by atoms with Gasteiger partial charge in [-0.1, -0.05) is 26.2 Å². The van der Waals surface area contributed by atoms with E-state index < -0.39 is 30.3 Å². The molecule has 0 rings (SSSR count). The third kappa shape index (κ3) is 5.33. The van der Waals surface area contributed by atoms with Gasteiger partial charge in [-0.3, -0.25) is 0 Å². The van der Waals surface area contributed by atoms with E-state index in [-0.39, 0.29) is 12.8 Å². The molecule has 0 aromatic carbocycles. The molecule has 1 unspecified atom stereocenters. The highest BCUT2D eigenvalue weighted by Crippen LogP contribution is 2.49. The van der Waals surface area contributed by atoms with Crippen LogP contribution in [0.25, 0.3) is 0 Å². The van der Waals surface area contributed by atoms with Crippen LogP contribution >= 0.6 is 0 Å². The third-order valence-corrected chi connectivity index (χ3v) is 3.31. The van der Waals surface area contributed by atoms with Crippen molar-refractivity contribution in [2.75, 3.05) is 14.1 Å². The molecule has 0 heterocycles. The smallest absolute Gasteiger partial charge is 0.373 e. The summed E-state index contributed by atoms with van der Waals surface area (Å²) in [6, 6.07) is 0. The Bertz CT molecular complexity index is 337. The average Bonchev–Trinajstić information content (AvgIpc) is 2.33. The molecule has 0 saturated carbocycles. The van der Waals surface area contributed by atoms with Crippen molar-refractivity contribution in [1.29, 1.82) is 0 Å². The SMILES string of the molecule is CCCCCC(C/C=N/N(C)C)C(O)(C(F)(F)F)C(F)(F)F. The summed E-state index contributed by atoms with van der Waals surface area (Å²) in [5.74, 6) is -2.03. The number of unbranched alkanes of at least 4 members (excludes halogenated alkanes) is 2. The molecule has 0 aliphatic carbocycles. The molecule has 1 atom stereocenters. The van der Waals surface area contributed by atoms with E-state index >= 15 is 0 Å². The van der Waals surface area contributed by atoms with Crippen molar-refractivity contribution < 1.29 is 31.4 Å². The quantitative estimate of drug-likeness (QED) is 0.315. The highest BCUT2D eigenvalue weighted by atomic mass is 19.4. The largest absolute Gasteiger partial charge is 0.426 e. The molecular formula is C13H22F6N2O. The van der Waals surface area contributed by atoms with E-state index in [1.54, 1.807) is 6.92 Å². The van der Waals surface area contributed by atoms with Crippen LogP contribution in [0.3, 0.4) is 0 Å². The van der Waals surface area contributed by atoms with Crippen LogP contribution in [0.5, 0.6) is 0 Å². The Morgan fingerprint density at radius 2 is 1.55 bits per heavy atom. The predicted molar refractivity (Wildman–Crippen MR) is 71.5 cm³/mol. The molecule has 0 bridgehead atoms. The summed E-state index contributed by atoms with van der Waals surface area (Å²) < 4.78 is 77.5. The summed E-state index contributed by atoms with van der Waals surface area (Å²) >= 11 is 0. The first-order valence-corrected chi connectivity index (χ1v) is 6.93. The second-order valence-electron chi connectivity index (χ2n) is 5.34. The van der Waals surface area contributed by atoms with Crippen LogP contribution in [0.15, 0.2) is 5.10 Å². The first-order valence-electron chi connectivity index (χ1n) is 6.93. The lowest BCUT2D eigenvalue weighted by Crippen LogP contribution is -2.61. The van der Waals surface area contributed by atoms with Gasteiger partial charge in [0, 0.05) is 26.2 Å². The zero-order valence-corrected chi connectivity index (χ0v) is 12.8. The maximum Gasteiger partial charge on any atom is 0.426 e. The van der Waals surface area contributed by atoms with Crippen LogP contribution in [-0.4, -0.2) is 48.4 Å². The standard InChI is InChI=1S/C13H22F6N2O/c1-4-5-6-7-10(8-9-20-21(2)3)11(22,12(14,15)16)13(17,18)19/h9-10,22H,4-8H2,1-3H3/b20-9+. The van der Waals surface area contributed by atoms with Crippen LogP contribution in [0.2, 0.25) is 0 Å². The Hall–Kier alpha value is -0.990. The maximum atomic E-state index is 12.9. The van der Waals surface area contributed by atoms with E-state index in [0.29, 0.717) is 12.8 Å². The minimum Gasteiger partial charge on any atom is -0.373 e. The molecule has 0 aromatic rings. The predicted octanol–water partition coefficient (Wildman–Crippen LogP) is 3.98. The molecule has 0 aliphatic rings. The number of nitrogens with zero attached hydrogens (tertiary/aromatic N) is 2. The van der Waals surface area contributed by atoms with E-state index in [1.165, 1.54) is 19.1 Å². The van der Waals surface area contributed by atoms with Crippen LogP contribution < -0.4 is 0 Å². The zero-order valence-electron chi connectivity index (χ0n) is 12.8. The highest BCUT2D eigenvalue weighted by Gasteiger charge is 2.73. The molecule has 0 aromatic heterocycles. The van der Waals surface area contributed by atoms with Gasteiger partial charge < -0.3 is 10.1 Å². The number of hydrogen-bond acceptors (Lipinski definition) is 3. The van der Waals surface area contributed by atoms with Gasteiger partial charge in [-0.2, -0.15) is 31.4 Å². The van der Waals surface area contributed by atoms with Crippen molar-refractivity contribution in [1.82, 2.24) is 5.01 Å². The topological polar surface area (TPSA) is 35.8 Å². The molecule has 22 heavy (non-hydrogen) atoms. The molecule has 0 saturated heterocycles. The maximum absolute atomic E-state index is 12.9. The lowest BCUT2D eigenvalue weighted by Gasteiger charge is -2.38. The van der Waals surface area contributed by atoms with Crippen molar-refractivity contribution in [3.05, 3.63) is 0 Å². The molecule has 0 fully saturated rings. The fraction of sp³-hybridized carbons (Fsp3) is 0.923. The molecule has 3 nitrogen and oxygen atoms in total. The van der Waals surface area contributed by atoms with Gasteiger partial charge in [-0.15, -0.1) is 0 Å². The van der Waals surface area contributed by atoms with Gasteiger partial charge in [-0.25, -0.2) is 0 Å². The van der Waals surface area contributed by atoms with E-state index in [4.69, 9.17) is 0 Å². The van der Waals surface area contributed by atoms with E-state index in [2.05, 4.69) is 5.10 Å². The molecule has 0 amide bonds. The van der Waals surface area contributed by atoms with Gasteiger partial charge in [-0.05, 0) is 12.8 Å². The average molecular weight is 336 g/mol. The number of aliphatic hydroxyl groups is 1. The number of hydrogen-bond donors (Lipinski definition) is 1. The summed E-state index contributed by atoms with van der Waals surface area (Å²) in [6.45, 7) is 1.78. The van der Waals surface area contributed by atoms with Gasteiger partial charge >= 0.3 is 12.4 Å². The van der Waals surface area contributed by atoms with Gasteiger partial charge in [0.2, 0.25) is 0 Å². The van der Waals surface area contributed by atoms with Crippen LogP contribution in [0.1, 0.15) is 39.0 Å². The monoisotopic (exact) mass is 336 g/mol. The number of alkyl halides is 6. The molecule has 0 aliphatic heterocycles. The van der Waals surface area contributed by atoms with Crippen molar-refractivity contribution in [2.24, 2.45) is 11.0 Å². The Kier molecular flexibility index (Phi) is 7.67. The summed E-state index contributed by atoms with van der Waals surface area (Å²) in [4.78, 5) is 0. The van der Waals surface area contributed by atoms with E-state index in [0.717, 1.165) is 6.21 Å². The highest BCUT2D eigenvalue weighted by molar-refractivity contribution is 5.57. The lowest BCUT2D eigenvalue weighted by molar-refractivity contribution is -0.384. The van der Waals surface area contributed by atoms with Crippen molar-refractivity contribution in [3.63, 3.8) is 0 Å². The molecule has 0 radical (unpaired) electrons. The Labute approximate surface area is 126 Å². The lowest BCUT2D eigenvalue weighted by atomic mass is 9.80. The molecular weight excluding hydrogens is 314 g/mol. The third-order valence-electron chi connectivity index (χ3n) is 3.31. The van der Waals surface area contributed by atoms with Crippen LogP contribution in [0.4, 0.5) is 26.3 Å². The van der Waals surface area contributed by atoms with Crippen molar-refractivity contribution >= 4 is 6.21 Å². The first kappa shape index (κ1) is 21.0. The van der Waals surface area contributed by atoms with Gasteiger partial charge in [0.15, 0.2) is 0 Å². The van der Waals surface area contributed by atoms with Crippen LogP contribution in [0, 0.1) is 5.92 Å². The summed E-state index contributed by atoms with van der Waals surface area (Å²) in [5.41, 5.74) is -4.73. The number of halogens is 6. The summed E-state index contributed by atoms with van der Waals surface area (Å²) in [5, 5.41) is 14.4. The van der Waals surface area contributed by atoms with Gasteiger partial charge in [0.1, 0.15) is 0 Å². The minimum absolute atomic E-state index is 0.172. The second-order valence-corrected chi connectivity index (χ2v) is 5.34. The van der Waals surface area contributed by atoms with Crippen LogP contribution in [-0.2, 0) is 0 Å². The molecule has 0 spiro atoms. The fourth-order valence-corrected chi connectivity index (χ4v) is 2.10. The van der Waals surface area contributed by atoms with Gasteiger partial charge in [0.05, 0.1) is 0 Å². The number of hydrazone groups is 1. The molecule has 1 N–H and O–H groups in total. The zero-order chi connectivity index (χ0) is 17.6. The normalized spacial score (nSPS) is 15.4. The van der Waals surface area contributed by atoms with E-state index in [9.17, 15) is 31.4 Å². The summed E-state index contributed by atoms with van der Waals surface area (Å²) in [6.07, 6.45) is -10.3. The fourth-order valence-electron chi connectivity index (χ4n) is 2.10. The summed E-state index contributed by atoms with van der Waals surface area (Å²) in [7, 11) is 2.98. The first-order chi connectivity index (χ1) is 9.88.